The monoisotopic (exact) mass is 284 g/mol. The summed E-state index contributed by atoms with van der Waals surface area (Å²) in [5.74, 6) is 0. The van der Waals surface area contributed by atoms with Gasteiger partial charge in [-0.3, -0.25) is 4.68 Å². The van der Waals surface area contributed by atoms with E-state index in [9.17, 15) is 8.42 Å². The maximum atomic E-state index is 12.7. The number of rotatable bonds is 3. The van der Waals surface area contributed by atoms with Crippen molar-refractivity contribution in [2.24, 2.45) is 7.05 Å². The Bertz CT molecular complexity index is 548. The highest BCUT2D eigenvalue weighted by atomic mass is 32.2. The topological polar surface area (TPSA) is 67.2 Å². The highest BCUT2D eigenvalue weighted by Crippen LogP contribution is 2.30. The van der Waals surface area contributed by atoms with Crippen LogP contribution >= 0.6 is 0 Å². The molecule has 0 saturated carbocycles. The van der Waals surface area contributed by atoms with Gasteiger partial charge in [0.05, 0.1) is 6.20 Å². The SMILES string of the molecule is Cn1nccc1S(=O)(=O)N1CCCC1C1CCCN1. The quantitative estimate of drug-likeness (QED) is 0.868. The van der Waals surface area contributed by atoms with Gasteiger partial charge in [-0.1, -0.05) is 0 Å². The minimum absolute atomic E-state index is 0.0994. The molecule has 1 N–H and O–H groups in total. The van der Waals surface area contributed by atoms with Crippen molar-refractivity contribution in [1.29, 1.82) is 0 Å². The van der Waals surface area contributed by atoms with Gasteiger partial charge in [-0.05, 0) is 38.3 Å². The van der Waals surface area contributed by atoms with Crippen LogP contribution < -0.4 is 5.32 Å². The molecule has 0 amide bonds. The predicted molar refractivity (Wildman–Crippen MR) is 71.1 cm³/mol. The molecule has 3 rings (SSSR count). The Labute approximate surface area is 113 Å². The van der Waals surface area contributed by atoms with Gasteiger partial charge in [-0.25, -0.2) is 8.42 Å². The lowest BCUT2D eigenvalue weighted by Crippen LogP contribution is -2.46. The lowest BCUT2D eigenvalue weighted by atomic mass is 10.1. The molecule has 7 heteroatoms. The molecule has 0 bridgehead atoms. The van der Waals surface area contributed by atoms with Crippen LogP contribution in [-0.4, -0.2) is 47.7 Å². The molecule has 106 valence electrons. The first-order valence-electron chi connectivity index (χ1n) is 6.84. The van der Waals surface area contributed by atoms with Gasteiger partial charge in [0.2, 0.25) is 0 Å². The Morgan fingerprint density at radius 1 is 1.37 bits per heavy atom. The molecule has 6 nitrogen and oxygen atoms in total. The van der Waals surface area contributed by atoms with Crippen LogP contribution in [0, 0.1) is 0 Å². The molecule has 1 aromatic heterocycles. The summed E-state index contributed by atoms with van der Waals surface area (Å²) in [6.07, 6.45) is 5.64. The van der Waals surface area contributed by atoms with Crippen molar-refractivity contribution in [1.82, 2.24) is 19.4 Å². The Morgan fingerprint density at radius 3 is 2.84 bits per heavy atom. The van der Waals surface area contributed by atoms with Gasteiger partial charge in [0.25, 0.3) is 10.0 Å². The number of sulfonamides is 1. The largest absolute Gasteiger partial charge is 0.312 e. The summed E-state index contributed by atoms with van der Waals surface area (Å²) in [7, 11) is -1.75. The van der Waals surface area contributed by atoms with E-state index in [2.05, 4.69) is 10.4 Å². The van der Waals surface area contributed by atoms with Gasteiger partial charge >= 0.3 is 0 Å². The molecule has 2 unspecified atom stereocenters. The van der Waals surface area contributed by atoms with E-state index in [4.69, 9.17) is 0 Å². The molecule has 3 heterocycles. The van der Waals surface area contributed by atoms with Crippen molar-refractivity contribution in [3.05, 3.63) is 12.3 Å². The predicted octanol–water partition coefficient (Wildman–Crippen LogP) is 0.325. The average molecular weight is 284 g/mol. The molecule has 2 aliphatic heterocycles. The minimum Gasteiger partial charge on any atom is -0.312 e. The van der Waals surface area contributed by atoms with Crippen molar-refractivity contribution >= 4 is 10.0 Å². The molecule has 0 aliphatic carbocycles. The van der Waals surface area contributed by atoms with Crippen molar-refractivity contribution < 1.29 is 8.42 Å². The van der Waals surface area contributed by atoms with Crippen molar-refractivity contribution in [2.45, 2.75) is 42.8 Å². The first-order chi connectivity index (χ1) is 9.10. The van der Waals surface area contributed by atoms with Crippen LogP contribution in [0.4, 0.5) is 0 Å². The summed E-state index contributed by atoms with van der Waals surface area (Å²) in [5, 5.41) is 7.69. The number of nitrogens with zero attached hydrogens (tertiary/aromatic N) is 3. The Hall–Kier alpha value is -0.920. The van der Waals surface area contributed by atoms with Crippen LogP contribution in [0.15, 0.2) is 17.3 Å². The average Bonchev–Trinajstić information content (AvgIpc) is 3.09. The normalized spacial score (nSPS) is 29.1. The Balaban J connectivity index is 1.90. The third-order valence-corrected chi connectivity index (χ3v) is 6.16. The zero-order valence-electron chi connectivity index (χ0n) is 11.1. The highest BCUT2D eigenvalue weighted by molar-refractivity contribution is 7.89. The molecular weight excluding hydrogens is 264 g/mol. The van der Waals surface area contributed by atoms with E-state index in [1.165, 1.54) is 10.9 Å². The standard InChI is InChI=1S/C12H20N4O2S/c1-15-12(6-8-14-15)19(17,18)16-9-3-5-11(16)10-4-2-7-13-10/h6,8,10-11,13H,2-5,7,9H2,1H3. The van der Waals surface area contributed by atoms with Gasteiger partial charge in [0, 0.05) is 25.7 Å². The Morgan fingerprint density at radius 2 is 2.21 bits per heavy atom. The van der Waals surface area contributed by atoms with Gasteiger partial charge < -0.3 is 5.32 Å². The van der Waals surface area contributed by atoms with Crippen LogP contribution in [0.3, 0.4) is 0 Å². The van der Waals surface area contributed by atoms with E-state index < -0.39 is 10.0 Å². The number of hydrogen-bond acceptors (Lipinski definition) is 4. The molecule has 2 aliphatic rings. The molecule has 2 saturated heterocycles. The second-order valence-corrected chi connectivity index (χ2v) is 7.16. The van der Waals surface area contributed by atoms with E-state index in [0.717, 1.165) is 32.2 Å². The molecule has 0 spiro atoms. The van der Waals surface area contributed by atoms with E-state index in [-0.39, 0.29) is 11.1 Å². The van der Waals surface area contributed by atoms with Crippen LogP contribution in [0.5, 0.6) is 0 Å². The fraction of sp³-hybridized carbons (Fsp3) is 0.750. The minimum atomic E-state index is -3.42. The molecule has 19 heavy (non-hydrogen) atoms. The summed E-state index contributed by atoms with van der Waals surface area (Å²) in [6, 6.07) is 1.99. The van der Waals surface area contributed by atoms with E-state index in [1.54, 1.807) is 17.4 Å². The number of aromatic nitrogens is 2. The fourth-order valence-corrected chi connectivity index (χ4v) is 5.07. The lowest BCUT2D eigenvalue weighted by Gasteiger charge is -2.28. The summed E-state index contributed by atoms with van der Waals surface area (Å²) >= 11 is 0. The van der Waals surface area contributed by atoms with Crippen LogP contribution in [0.1, 0.15) is 25.7 Å². The smallest absolute Gasteiger partial charge is 0.260 e. The number of hydrogen-bond donors (Lipinski definition) is 1. The second-order valence-electron chi connectivity index (χ2n) is 5.32. The fourth-order valence-electron chi connectivity index (χ4n) is 3.24. The summed E-state index contributed by atoms with van der Waals surface area (Å²) < 4.78 is 28.6. The Kier molecular flexibility index (Phi) is 3.36. The van der Waals surface area contributed by atoms with E-state index in [0.29, 0.717) is 12.6 Å². The maximum absolute atomic E-state index is 12.7. The molecule has 0 aromatic carbocycles. The maximum Gasteiger partial charge on any atom is 0.260 e. The molecule has 2 atom stereocenters. The van der Waals surface area contributed by atoms with E-state index in [1.807, 2.05) is 0 Å². The third kappa shape index (κ3) is 2.19. The first kappa shape index (κ1) is 13.1. The van der Waals surface area contributed by atoms with Gasteiger partial charge in [-0.2, -0.15) is 9.40 Å². The lowest BCUT2D eigenvalue weighted by molar-refractivity contribution is 0.320. The second kappa shape index (κ2) is 4.88. The van der Waals surface area contributed by atoms with Gasteiger partial charge in [-0.15, -0.1) is 0 Å². The summed E-state index contributed by atoms with van der Waals surface area (Å²) in [5.41, 5.74) is 0. The van der Waals surface area contributed by atoms with Crippen LogP contribution in [-0.2, 0) is 17.1 Å². The van der Waals surface area contributed by atoms with Crippen LogP contribution in [0.25, 0.3) is 0 Å². The molecular formula is C12H20N4O2S. The van der Waals surface area contributed by atoms with Gasteiger partial charge in [0.1, 0.15) is 0 Å². The molecule has 1 aromatic rings. The highest BCUT2D eigenvalue weighted by Gasteiger charge is 2.41. The van der Waals surface area contributed by atoms with Gasteiger partial charge in [0.15, 0.2) is 5.03 Å². The number of nitrogens with one attached hydrogen (secondary N) is 1. The van der Waals surface area contributed by atoms with Crippen LogP contribution in [0.2, 0.25) is 0 Å². The zero-order valence-corrected chi connectivity index (χ0v) is 11.9. The van der Waals surface area contributed by atoms with Crippen molar-refractivity contribution in [2.75, 3.05) is 13.1 Å². The molecule has 2 fully saturated rings. The van der Waals surface area contributed by atoms with Crippen molar-refractivity contribution in [3.63, 3.8) is 0 Å². The zero-order chi connectivity index (χ0) is 13.5. The first-order valence-corrected chi connectivity index (χ1v) is 8.28. The summed E-state index contributed by atoms with van der Waals surface area (Å²) in [6.45, 7) is 1.62. The third-order valence-electron chi connectivity index (χ3n) is 4.16. The summed E-state index contributed by atoms with van der Waals surface area (Å²) in [4.78, 5) is 0. The van der Waals surface area contributed by atoms with E-state index >= 15 is 0 Å². The molecule has 0 radical (unpaired) electrons. The van der Waals surface area contributed by atoms with Crippen molar-refractivity contribution in [3.8, 4) is 0 Å². The number of aryl methyl sites for hydroxylation is 1.